The van der Waals surface area contributed by atoms with Crippen LogP contribution in [0.5, 0.6) is 0 Å². The van der Waals surface area contributed by atoms with Crippen molar-refractivity contribution in [3.05, 3.63) is 22.4 Å². The van der Waals surface area contributed by atoms with E-state index in [1.807, 2.05) is 4.90 Å². The molecule has 19 heavy (non-hydrogen) atoms. The molecule has 0 spiro atoms. The number of carbonyl (C=O) groups excluding carboxylic acids is 1. The minimum atomic E-state index is 0.198. The van der Waals surface area contributed by atoms with Crippen LogP contribution >= 0.6 is 23.1 Å². The van der Waals surface area contributed by atoms with Crippen LogP contribution in [0.3, 0.4) is 0 Å². The summed E-state index contributed by atoms with van der Waals surface area (Å²) in [6.45, 7) is 3.15. The monoisotopic (exact) mass is 299 g/mol. The van der Waals surface area contributed by atoms with Gasteiger partial charge in [0.05, 0.1) is 11.8 Å². The molecule has 3 nitrogen and oxygen atoms in total. The fourth-order valence-electron chi connectivity index (χ4n) is 2.40. The summed E-state index contributed by atoms with van der Waals surface area (Å²) >= 11 is 3.39. The van der Waals surface area contributed by atoms with Gasteiger partial charge in [0.15, 0.2) is 0 Å². The van der Waals surface area contributed by atoms with E-state index >= 15 is 0 Å². The Morgan fingerprint density at radius 1 is 1.68 bits per heavy atom. The normalized spacial score (nSPS) is 20.7. The van der Waals surface area contributed by atoms with E-state index in [-0.39, 0.29) is 12.5 Å². The molecular formula is C14H21NO2S2. The van der Waals surface area contributed by atoms with Crippen molar-refractivity contribution in [1.29, 1.82) is 0 Å². The molecule has 5 heteroatoms. The lowest BCUT2D eigenvalue weighted by Crippen LogP contribution is -2.32. The van der Waals surface area contributed by atoms with Crippen LogP contribution in [0.25, 0.3) is 0 Å². The summed E-state index contributed by atoms with van der Waals surface area (Å²) in [5.41, 5.74) is 0. The van der Waals surface area contributed by atoms with E-state index in [0.717, 1.165) is 25.8 Å². The lowest BCUT2D eigenvalue weighted by atomic mass is 10.2. The fraction of sp³-hybridized carbons (Fsp3) is 0.643. The molecule has 2 atom stereocenters. The van der Waals surface area contributed by atoms with Crippen LogP contribution in [-0.4, -0.2) is 40.1 Å². The molecule has 0 aliphatic carbocycles. The zero-order valence-corrected chi connectivity index (χ0v) is 12.9. The quantitative estimate of drug-likeness (QED) is 0.878. The Hall–Kier alpha value is -0.520. The second-order valence-corrected chi connectivity index (χ2v) is 7.30. The molecule has 2 rings (SSSR count). The van der Waals surface area contributed by atoms with Gasteiger partial charge in [0.2, 0.25) is 5.91 Å². The third kappa shape index (κ3) is 3.97. The minimum absolute atomic E-state index is 0.198. The highest BCUT2D eigenvalue weighted by Crippen LogP contribution is 2.35. The van der Waals surface area contributed by atoms with Crippen molar-refractivity contribution in [2.45, 2.75) is 37.5 Å². The maximum Gasteiger partial charge on any atom is 0.233 e. The van der Waals surface area contributed by atoms with Crippen LogP contribution < -0.4 is 0 Å². The average Bonchev–Trinajstić information content (AvgIpc) is 3.05. The molecule has 1 saturated heterocycles. The number of hydrogen-bond acceptors (Lipinski definition) is 4. The fourth-order valence-corrected chi connectivity index (χ4v) is 4.14. The lowest BCUT2D eigenvalue weighted by molar-refractivity contribution is -0.129. The molecule has 2 unspecified atom stereocenters. The zero-order valence-electron chi connectivity index (χ0n) is 11.2. The van der Waals surface area contributed by atoms with Crippen molar-refractivity contribution < 1.29 is 9.90 Å². The van der Waals surface area contributed by atoms with E-state index in [1.165, 1.54) is 4.88 Å². The summed E-state index contributed by atoms with van der Waals surface area (Å²) in [4.78, 5) is 15.6. The van der Waals surface area contributed by atoms with Crippen molar-refractivity contribution in [3.63, 3.8) is 0 Å². The SMILES string of the molecule is CC(CCO)SCC(=O)N1CCCC1c1cccs1. The topological polar surface area (TPSA) is 40.5 Å². The van der Waals surface area contributed by atoms with Crippen molar-refractivity contribution in [1.82, 2.24) is 4.90 Å². The van der Waals surface area contributed by atoms with E-state index < -0.39 is 0 Å². The van der Waals surface area contributed by atoms with Gasteiger partial charge in [-0.25, -0.2) is 0 Å². The maximum absolute atomic E-state index is 12.3. The molecule has 0 aromatic carbocycles. The molecule has 0 saturated carbocycles. The first kappa shape index (κ1) is 14.9. The van der Waals surface area contributed by atoms with E-state index in [1.54, 1.807) is 23.1 Å². The number of carbonyl (C=O) groups is 1. The Labute approximate surface area is 123 Å². The highest BCUT2D eigenvalue weighted by Gasteiger charge is 2.30. The Kier molecular flexibility index (Phi) is 5.73. The van der Waals surface area contributed by atoms with Gasteiger partial charge in [-0.1, -0.05) is 13.0 Å². The third-order valence-corrected chi connectivity index (χ3v) is 5.66. The number of thioether (sulfide) groups is 1. The number of rotatable bonds is 6. The highest BCUT2D eigenvalue weighted by atomic mass is 32.2. The van der Waals surface area contributed by atoms with Crippen LogP contribution in [0.2, 0.25) is 0 Å². The van der Waals surface area contributed by atoms with Crippen LogP contribution in [-0.2, 0) is 4.79 Å². The Morgan fingerprint density at radius 2 is 2.53 bits per heavy atom. The molecule has 0 radical (unpaired) electrons. The maximum atomic E-state index is 12.3. The molecule has 1 amide bonds. The Balaban J connectivity index is 1.88. The molecule has 1 fully saturated rings. The van der Waals surface area contributed by atoms with Crippen molar-refractivity contribution in [2.75, 3.05) is 18.9 Å². The first-order valence-electron chi connectivity index (χ1n) is 6.77. The number of nitrogens with zero attached hydrogens (tertiary/aromatic N) is 1. The molecule has 106 valence electrons. The molecule has 1 aliphatic rings. The largest absolute Gasteiger partial charge is 0.396 e. The number of amides is 1. The summed E-state index contributed by atoms with van der Waals surface area (Å²) in [5, 5.41) is 11.3. The number of aliphatic hydroxyl groups is 1. The van der Waals surface area contributed by atoms with Gasteiger partial charge in [0.1, 0.15) is 0 Å². The van der Waals surface area contributed by atoms with Crippen LogP contribution in [0.1, 0.15) is 37.1 Å². The number of likely N-dealkylation sites (tertiary alicyclic amines) is 1. The van der Waals surface area contributed by atoms with Crippen molar-refractivity contribution in [2.24, 2.45) is 0 Å². The second kappa shape index (κ2) is 7.31. The van der Waals surface area contributed by atoms with Gasteiger partial charge in [-0.05, 0) is 30.7 Å². The molecular weight excluding hydrogens is 278 g/mol. The van der Waals surface area contributed by atoms with Crippen LogP contribution in [0.4, 0.5) is 0 Å². The van der Waals surface area contributed by atoms with Crippen LogP contribution in [0.15, 0.2) is 17.5 Å². The first-order valence-corrected chi connectivity index (χ1v) is 8.70. The van der Waals surface area contributed by atoms with E-state index in [4.69, 9.17) is 5.11 Å². The smallest absolute Gasteiger partial charge is 0.233 e. The lowest BCUT2D eigenvalue weighted by Gasteiger charge is -2.24. The summed E-state index contributed by atoms with van der Waals surface area (Å²) < 4.78 is 0. The van der Waals surface area contributed by atoms with Gasteiger partial charge in [-0.2, -0.15) is 0 Å². The van der Waals surface area contributed by atoms with E-state index in [2.05, 4.69) is 24.4 Å². The minimum Gasteiger partial charge on any atom is -0.396 e. The number of thiophene rings is 1. The molecule has 0 bridgehead atoms. The molecule has 1 aromatic rings. The van der Waals surface area contributed by atoms with Gasteiger partial charge in [-0.3, -0.25) is 4.79 Å². The van der Waals surface area contributed by atoms with Gasteiger partial charge in [-0.15, -0.1) is 23.1 Å². The molecule has 2 heterocycles. The highest BCUT2D eigenvalue weighted by molar-refractivity contribution is 8.00. The Morgan fingerprint density at radius 3 is 3.21 bits per heavy atom. The van der Waals surface area contributed by atoms with Gasteiger partial charge in [0.25, 0.3) is 0 Å². The van der Waals surface area contributed by atoms with Gasteiger partial charge >= 0.3 is 0 Å². The predicted molar refractivity (Wildman–Crippen MR) is 81.6 cm³/mol. The molecule has 1 aromatic heterocycles. The van der Waals surface area contributed by atoms with Crippen molar-refractivity contribution in [3.8, 4) is 0 Å². The third-order valence-electron chi connectivity index (χ3n) is 3.47. The Bertz CT molecular complexity index is 394. The number of aliphatic hydroxyl groups excluding tert-OH is 1. The van der Waals surface area contributed by atoms with E-state index in [9.17, 15) is 4.79 Å². The second-order valence-electron chi connectivity index (χ2n) is 4.89. The standard InChI is InChI=1S/C14H21NO2S2/c1-11(6-8-16)19-10-14(17)15-7-2-4-12(15)13-5-3-9-18-13/h3,5,9,11-12,16H,2,4,6-8,10H2,1H3. The van der Waals surface area contributed by atoms with Gasteiger partial charge in [0, 0.05) is 23.3 Å². The van der Waals surface area contributed by atoms with Gasteiger partial charge < -0.3 is 10.0 Å². The van der Waals surface area contributed by atoms with E-state index in [0.29, 0.717) is 17.0 Å². The van der Waals surface area contributed by atoms with Crippen LogP contribution in [0, 0.1) is 0 Å². The molecule has 1 N–H and O–H groups in total. The number of hydrogen-bond donors (Lipinski definition) is 1. The summed E-state index contributed by atoms with van der Waals surface area (Å²) in [6, 6.07) is 4.47. The summed E-state index contributed by atoms with van der Waals surface area (Å²) in [6.07, 6.45) is 2.95. The predicted octanol–water partition coefficient (Wildman–Crippen LogP) is 2.92. The summed E-state index contributed by atoms with van der Waals surface area (Å²) in [7, 11) is 0. The van der Waals surface area contributed by atoms with Crippen molar-refractivity contribution >= 4 is 29.0 Å². The molecule has 1 aliphatic heterocycles. The first-order chi connectivity index (χ1) is 9.22. The summed E-state index contributed by atoms with van der Waals surface area (Å²) in [5.74, 6) is 0.772. The average molecular weight is 299 g/mol. The zero-order chi connectivity index (χ0) is 13.7.